The second-order valence-electron chi connectivity index (χ2n) is 13.9. The van der Waals surface area contributed by atoms with Crippen molar-refractivity contribution in [3.63, 3.8) is 0 Å². The molecule has 2 aromatic heterocycles. The van der Waals surface area contributed by atoms with Gasteiger partial charge in [-0.25, -0.2) is 9.97 Å². The first-order valence-electron chi connectivity index (χ1n) is 16.9. The van der Waals surface area contributed by atoms with Gasteiger partial charge in [0.2, 0.25) is 11.8 Å². The molecule has 0 aliphatic carbocycles. The van der Waals surface area contributed by atoms with Gasteiger partial charge >= 0.3 is 5.97 Å². The number of hydrogen-bond donors (Lipinski definition) is 1. The Morgan fingerprint density at radius 1 is 1.06 bits per heavy atom. The van der Waals surface area contributed by atoms with Crippen molar-refractivity contribution in [1.29, 1.82) is 5.26 Å². The SMILES string of the molecule is CCN(C)CC(=O)N1Cc2nc(-c3cccc(-c4cccc(-c5nc6cc(CN7CC[C@@](C)(C(=O)O)C7)cc(C#N)c6o5)c4C)c3C)sc2C1. The molecule has 11 heteroatoms. The van der Waals surface area contributed by atoms with Crippen molar-refractivity contribution in [2.45, 2.75) is 53.8 Å². The number of thiazole rings is 1. The molecule has 50 heavy (non-hydrogen) atoms. The first-order valence-corrected chi connectivity index (χ1v) is 17.7. The van der Waals surface area contributed by atoms with Gasteiger partial charge in [0.15, 0.2) is 5.58 Å². The summed E-state index contributed by atoms with van der Waals surface area (Å²) in [6, 6.07) is 18.4. The van der Waals surface area contributed by atoms with E-state index in [1.54, 1.807) is 18.3 Å². The molecule has 10 nitrogen and oxygen atoms in total. The van der Waals surface area contributed by atoms with Crippen molar-refractivity contribution in [2.75, 3.05) is 33.2 Å². The Morgan fingerprint density at radius 2 is 1.76 bits per heavy atom. The number of rotatable bonds is 9. The molecule has 256 valence electrons. The van der Waals surface area contributed by atoms with Gasteiger partial charge in [0.25, 0.3) is 0 Å². The molecule has 1 N–H and O–H groups in total. The summed E-state index contributed by atoms with van der Waals surface area (Å²) in [5.74, 6) is -0.204. The highest BCUT2D eigenvalue weighted by Crippen LogP contribution is 2.40. The number of hydrogen-bond acceptors (Lipinski definition) is 9. The molecule has 0 spiro atoms. The number of aliphatic carboxylic acids is 1. The lowest BCUT2D eigenvalue weighted by atomic mass is 9.90. The lowest BCUT2D eigenvalue weighted by Gasteiger charge is -2.20. The number of nitrogens with zero attached hydrogens (tertiary/aromatic N) is 6. The third kappa shape index (κ3) is 6.08. The van der Waals surface area contributed by atoms with Gasteiger partial charge in [0, 0.05) is 29.1 Å². The van der Waals surface area contributed by atoms with Crippen molar-refractivity contribution in [3.8, 4) is 39.2 Å². The molecule has 1 fully saturated rings. The number of likely N-dealkylation sites (N-methyl/N-ethyl adjacent to an activating group) is 1. The Morgan fingerprint density at radius 3 is 2.42 bits per heavy atom. The fourth-order valence-corrected chi connectivity index (χ4v) is 8.27. The lowest BCUT2D eigenvalue weighted by molar-refractivity contribution is -0.147. The molecule has 5 aromatic rings. The predicted octanol–water partition coefficient (Wildman–Crippen LogP) is 6.86. The van der Waals surface area contributed by atoms with E-state index in [9.17, 15) is 20.0 Å². The fourth-order valence-electron chi connectivity index (χ4n) is 7.10. The molecule has 7 rings (SSSR count). The predicted molar refractivity (Wildman–Crippen MR) is 193 cm³/mol. The molecule has 0 bridgehead atoms. The van der Waals surface area contributed by atoms with Crippen LogP contribution < -0.4 is 0 Å². The van der Waals surface area contributed by atoms with Gasteiger partial charge in [0.1, 0.15) is 16.6 Å². The van der Waals surface area contributed by atoms with E-state index in [1.165, 1.54) is 0 Å². The standard InChI is InChI=1S/C39H40N6O4S/c1-6-43(5)21-34(46)45-19-32-33(20-45)50-37(42-32)30-12-8-10-28(24(30)3)27-9-7-11-29(23(27)2)36-41-31-16-25(15-26(17-40)35(31)49-36)18-44-14-13-39(4,22-44)38(47)48/h7-12,15-16H,6,13-14,18-22H2,1-5H3,(H,47,48)/t39-/m1/s1. The van der Waals surface area contributed by atoms with Crippen molar-refractivity contribution in [3.05, 3.63) is 81.4 Å². The van der Waals surface area contributed by atoms with Crippen molar-refractivity contribution >= 4 is 34.3 Å². The number of carboxylic acid groups (broad SMARTS) is 1. The quantitative estimate of drug-likeness (QED) is 0.177. The van der Waals surface area contributed by atoms with Crippen LogP contribution in [0.4, 0.5) is 0 Å². The van der Waals surface area contributed by atoms with Crippen LogP contribution in [-0.4, -0.2) is 74.9 Å². The van der Waals surface area contributed by atoms with E-state index in [1.807, 2.05) is 48.0 Å². The summed E-state index contributed by atoms with van der Waals surface area (Å²) in [5.41, 5.74) is 8.77. The highest BCUT2D eigenvalue weighted by Gasteiger charge is 2.40. The first-order chi connectivity index (χ1) is 24.0. The summed E-state index contributed by atoms with van der Waals surface area (Å²) in [7, 11) is 1.96. The van der Waals surface area contributed by atoms with Crippen molar-refractivity contribution < 1.29 is 19.1 Å². The second-order valence-corrected chi connectivity index (χ2v) is 15.0. The van der Waals surface area contributed by atoms with Gasteiger partial charge in [-0.05, 0) is 93.3 Å². The number of oxazole rings is 1. The Hall–Kier alpha value is -4.89. The minimum Gasteiger partial charge on any atom is -0.481 e. The molecule has 0 unspecified atom stereocenters. The van der Waals surface area contributed by atoms with Crippen LogP contribution >= 0.6 is 11.3 Å². The average Bonchev–Trinajstić information content (AvgIpc) is 3.88. The van der Waals surface area contributed by atoms with Crippen molar-refractivity contribution in [2.24, 2.45) is 5.41 Å². The van der Waals surface area contributed by atoms with E-state index in [2.05, 4.69) is 49.1 Å². The molecule has 2 aliphatic rings. The Balaban J connectivity index is 1.16. The van der Waals surface area contributed by atoms with Crippen LogP contribution in [0.5, 0.6) is 0 Å². The van der Waals surface area contributed by atoms with E-state index in [4.69, 9.17) is 14.4 Å². The molecule has 0 saturated carbocycles. The molecule has 3 aromatic carbocycles. The molecular weight excluding hydrogens is 649 g/mol. The monoisotopic (exact) mass is 688 g/mol. The van der Waals surface area contributed by atoms with Crippen LogP contribution in [0.2, 0.25) is 0 Å². The Kier molecular flexibility index (Phi) is 8.80. The van der Waals surface area contributed by atoms with Gasteiger partial charge in [-0.3, -0.25) is 19.4 Å². The van der Waals surface area contributed by atoms with E-state index in [0.29, 0.717) is 68.2 Å². The summed E-state index contributed by atoms with van der Waals surface area (Å²) < 4.78 is 6.28. The molecule has 0 radical (unpaired) electrons. The van der Waals surface area contributed by atoms with Crippen molar-refractivity contribution in [1.82, 2.24) is 24.7 Å². The second kappa shape index (κ2) is 13.1. The van der Waals surface area contributed by atoms with E-state index in [-0.39, 0.29) is 5.91 Å². The maximum Gasteiger partial charge on any atom is 0.310 e. The summed E-state index contributed by atoms with van der Waals surface area (Å²) >= 11 is 1.66. The van der Waals surface area contributed by atoms with Gasteiger partial charge in [-0.2, -0.15) is 5.26 Å². The highest BCUT2D eigenvalue weighted by molar-refractivity contribution is 7.15. The number of amides is 1. The normalized spacial score (nSPS) is 17.5. The topological polar surface area (TPSA) is 127 Å². The maximum absolute atomic E-state index is 12.8. The van der Waals surface area contributed by atoms with Crippen LogP contribution in [0.25, 0.3) is 44.3 Å². The van der Waals surface area contributed by atoms with Crippen LogP contribution in [-0.2, 0) is 29.2 Å². The number of carbonyl (C=O) groups excluding carboxylic acids is 1. The van der Waals surface area contributed by atoms with E-state index >= 15 is 0 Å². The number of likely N-dealkylation sites (tertiary alicyclic amines) is 1. The number of nitriles is 1. The number of carboxylic acids is 1. The van der Waals surface area contributed by atoms with Crippen LogP contribution in [0.15, 0.2) is 52.9 Å². The Bertz CT molecular complexity index is 2170. The van der Waals surface area contributed by atoms with Gasteiger partial charge in [0.05, 0.1) is 36.3 Å². The molecule has 1 atom stereocenters. The smallest absolute Gasteiger partial charge is 0.310 e. The summed E-state index contributed by atoms with van der Waals surface area (Å²) in [6.45, 7) is 12.1. The maximum atomic E-state index is 12.8. The van der Waals surface area contributed by atoms with E-state index in [0.717, 1.165) is 61.1 Å². The third-order valence-electron chi connectivity index (χ3n) is 10.3. The molecule has 1 amide bonds. The Labute approximate surface area is 295 Å². The zero-order chi connectivity index (χ0) is 35.3. The molecule has 1 saturated heterocycles. The largest absolute Gasteiger partial charge is 0.481 e. The van der Waals surface area contributed by atoms with Crippen LogP contribution in [0.1, 0.15) is 53.1 Å². The molecular formula is C39H40N6O4S. The van der Waals surface area contributed by atoms with Crippen LogP contribution in [0, 0.1) is 30.6 Å². The highest BCUT2D eigenvalue weighted by atomic mass is 32.1. The fraction of sp³-hybridized carbons (Fsp3) is 0.359. The summed E-state index contributed by atoms with van der Waals surface area (Å²) in [4.78, 5) is 41.6. The lowest BCUT2D eigenvalue weighted by Crippen LogP contribution is -2.35. The number of benzene rings is 3. The molecule has 4 heterocycles. The van der Waals surface area contributed by atoms with Gasteiger partial charge in [-0.15, -0.1) is 11.3 Å². The van der Waals surface area contributed by atoms with Crippen LogP contribution in [0.3, 0.4) is 0 Å². The first kappa shape index (κ1) is 33.6. The number of fused-ring (bicyclic) bond motifs is 2. The number of carbonyl (C=O) groups is 2. The average molecular weight is 689 g/mol. The molecule has 2 aliphatic heterocycles. The minimum atomic E-state index is -0.780. The zero-order valence-electron chi connectivity index (χ0n) is 29.0. The van der Waals surface area contributed by atoms with Gasteiger partial charge < -0.3 is 14.4 Å². The third-order valence-corrected chi connectivity index (χ3v) is 11.4. The van der Waals surface area contributed by atoms with Gasteiger partial charge in [-0.1, -0.05) is 37.3 Å². The van der Waals surface area contributed by atoms with E-state index < -0.39 is 11.4 Å². The minimum absolute atomic E-state index is 0.130. The summed E-state index contributed by atoms with van der Waals surface area (Å²) in [6.07, 6.45) is 0.589. The summed E-state index contributed by atoms with van der Waals surface area (Å²) in [5, 5.41) is 20.6. The number of aromatic nitrogens is 2. The zero-order valence-corrected chi connectivity index (χ0v) is 29.9.